The van der Waals surface area contributed by atoms with Crippen LogP contribution in [0.1, 0.15) is 27.2 Å². The van der Waals surface area contributed by atoms with Gasteiger partial charge < -0.3 is 5.32 Å². The highest BCUT2D eigenvalue weighted by atomic mass is 16.2. The number of aryl methyl sites for hydroxylation is 1. The zero-order chi connectivity index (χ0) is 14.0. The first-order valence-electron chi connectivity index (χ1n) is 6.70. The number of aromatic nitrogens is 2. The van der Waals surface area contributed by atoms with Gasteiger partial charge in [-0.2, -0.15) is 5.10 Å². The number of carbonyl (C=O) groups excluding carboxylic acids is 2. The molecule has 1 N–H and O–H groups in total. The lowest BCUT2D eigenvalue weighted by Gasteiger charge is -2.34. The van der Waals surface area contributed by atoms with E-state index >= 15 is 0 Å². The van der Waals surface area contributed by atoms with Gasteiger partial charge >= 0.3 is 0 Å². The van der Waals surface area contributed by atoms with Crippen LogP contribution < -0.4 is 10.2 Å². The van der Waals surface area contributed by atoms with Crippen LogP contribution in [0.3, 0.4) is 0 Å². The third-order valence-electron chi connectivity index (χ3n) is 3.62. The van der Waals surface area contributed by atoms with Gasteiger partial charge in [0.05, 0.1) is 11.9 Å². The average molecular weight is 264 g/mol. The maximum atomic E-state index is 12.4. The lowest BCUT2D eigenvalue weighted by Crippen LogP contribution is -2.60. The van der Waals surface area contributed by atoms with Gasteiger partial charge in [0.25, 0.3) is 0 Å². The largest absolute Gasteiger partial charge is 0.342 e. The van der Waals surface area contributed by atoms with Gasteiger partial charge in [-0.1, -0.05) is 20.3 Å². The van der Waals surface area contributed by atoms with E-state index in [-0.39, 0.29) is 24.3 Å². The van der Waals surface area contributed by atoms with Gasteiger partial charge in [-0.3, -0.25) is 19.2 Å². The van der Waals surface area contributed by atoms with Gasteiger partial charge in [0, 0.05) is 12.7 Å². The second-order valence-electron chi connectivity index (χ2n) is 4.91. The van der Waals surface area contributed by atoms with Crippen molar-refractivity contribution in [1.82, 2.24) is 15.1 Å². The number of anilines is 1. The summed E-state index contributed by atoms with van der Waals surface area (Å²) in [6.45, 7) is 6.77. The molecule has 19 heavy (non-hydrogen) atoms. The smallest absolute Gasteiger partial charge is 0.250 e. The van der Waals surface area contributed by atoms with Crippen molar-refractivity contribution in [1.29, 1.82) is 0 Å². The number of carbonyl (C=O) groups is 2. The summed E-state index contributed by atoms with van der Waals surface area (Å²) in [4.78, 5) is 25.7. The summed E-state index contributed by atoms with van der Waals surface area (Å²) in [5, 5.41) is 6.93. The van der Waals surface area contributed by atoms with Crippen LogP contribution in [0.25, 0.3) is 0 Å². The number of rotatable bonds is 4. The Morgan fingerprint density at radius 2 is 2.21 bits per heavy atom. The molecular formula is C13H20N4O2. The molecule has 1 aliphatic heterocycles. The van der Waals surface area contributed by atoms with Crippen LogP contribution >= 0.6 is 0 Å². The van der Waals surface area contributed by atoms with Gasteiger partial charge in [0.15, 0.2) is 0 Å². The van der Waals surface area contributed by atoms with Crippen molar-refractivity contribution >= 4 is 17.5 Å². The number of amides is 2. The summed E-state index contributed by atoms with van der Waals surface area (Å²) >= 11 is 0. The normalized spacial score (nSPS) is 21.4. The second kappa shape index (κ2) is 5.42. The molecule has 0 radical (unpaired) electrons. The average Bonchev–Trinajstić information content (AvgIpc) is 2.88. The van der Waals surface area contributed by atoms with Crippen LogP contribution in [0.5, 0.6) is 0 Å². The van der Waals surface area contributed by atoms with Gasteiger partial charge in [0.2, 0.25) is 11.8 Å². The summed E-state index contributed by atoms with van der Waals surface area (Å²) < 4.78 is 1.74. The summed E-state index contributed by atoms with van der Waals surface area (Å²) in [6.07, 6.45) is 4.27. The second-order valence-corrected chi connectivity index (χ2v) is 4.91. The molecule has 2 rings (SSSR count). The molecule has 104 valence electrons. The van der Waals surface area contributed by atoms with Crippen LogP contribution in [0.2, 0.25) is 0 Å². The highest BCUT2D eigenvalue weighted by molar-refractivity contribution is 6.06. The van der Waals surface area contributed by atoms with E-state index in [1.54, 1.807) is 17.1 Å². The van der Waals surface area contributed by atoms with Crippen molar-refractivity contribution in [3.8, 4) is 0 Å². The summed E-state index contributed by atoms with van der Waals surface area (Å²) in [6, 6.07) is -0.434. The first-order chi connectivity index (χ1) is 9.06. The first-order valence-corrected chi connectivity index (χ1v) is 6.70. The highest BCUT2D eigenvalue weighted by Crippen LogP contribution is 2.20. The highest BCUT2D eigenvalue weighted by Gasteiger charge is 2.36. The van der Waals surface area contributed by atoms with E-state index in [9.17, 15) is 9.59 Å². The van der Waals surface area contributed by atoms with Crippen LogP contribution in [-0.2, 0) is 16.1 Å². The molecule has 1 aromatic rings. The topological polar surface area (TPSA) is 67.2 Å². The Balaban J connectivity index is 2.24. The minimum Gasteiger partial charge on any atom is -0.342 e. The Morgan fingerprint density at radius 1 is 1.47 bits per heavy atom. The van der Waals surface area contributed by atoms with Crippen molar-refractivity contribution in [3.05, 3.63) is 12.4 Å². The molecule has 0 aliphatic carbocycles. The zero-order valence-corrected chi connectivity index (χ0v) is 11.6. The van der Waals surface area contributed by atoms with Gasteiger partial charge in [-0.15, -0.1) is 0 Å². The fraction of sp³-hybridized carbons (Fsp3) is 0.615. The Hall–Kier alpha value is -1.85. The molecule has 1 fully saturated rings. The van der Waals surface area contributed by atoms with E-state index in [0.29, 0.717) is 5.69 Å². The summed E-state index contributed by atoms with van der Waals surface area (Å²) in [7, 11) is 0. The van der Waals surface area contributed by atoms with Crippen LogP contribution in [0.15, 0.2) is 12.4 Å². The Bertz CT molecular complexity index is 483. The minimum absolute atomic E-state index is 0.0513. The monoisotopic (exact) mass is 264 g/mol. The molecule has 1 aliphatic rings. The fourth-order valence-corrected chi connectivity index (χ4v) is 2.18. The quantitative estimate of drug-likeness (QED) is 0.874. The number of piperazine rings is 1. The molecule has 0 spiro atoms. The molecule has 0 bridgehead atoms. The van der Waals surface area contributed by atoms with E-state index in [4.69, 9.17) is 0 Å². The molecular weight excluding hydrogens is 244 g/mol. The number of hydrogen-bond acceptors (Lipinski definition) is 3. The predicted octanol–water partition coefficient (Wildman–Crippen LogP) is 0.780. The lowest BCUT2D eigenvalue weighted by atomic mass is 9.96. The number of hydrogen-bond donors (Lipinski definition) is 1. The SMILES string of the molecule is CCC(C)C1NC(=O)CN(c2cnn(CC)c2)C1=O. The maximum absolute atomic E-state index is 12.4. The van der Waals surface area contributed by atoms with E-state index in [0.717, 1.165) is 13.0 Å². The number of nitrogens with one attached hydrogen (secondary N) is 1. The molecule has 0 saturated carbocycles. The van der Waals surface area contributed by atoms with Crippen LogP contribution in [-0.4, -0.2) is 34.2 Å². The zero-order valence-electron chi connectivity index (χ0n) is 11.6. The minimum atomic E-state index is -0.434. The molecule has 2 unspecified atom stereocenters. The summed E-state index contributed by atoms with van der Waals surface area (Å²) in [5.41, 5.74) is 0.690. The molecule has 2 atom stereocenters. The first kappa shape index (κ1) is 13.6. The summed E-state index contributed by atoms with van der Waals surface area (Å²) in [5.74, 6) is -0.0424. The van der Waals surface area contributed by atoms with Crippen molar-refractivity contribution in [2.45, 2.75) is 39.8 Å². The molecule has 6 heteroatoms. The predicted molar refractivity (Wildman–Crippen MR) is 71.6 cm³/mol. The van der Waals surface area contributed by atoms with Crippen molar-refractivity contribution in [3.63, 3.8) is 0 Å². The van der Waals surface area contributed by atoms with E-state index in [1.807, 2.05) is 20.8 Å². The Morgan fingerprint density at radius 3 is 2.79 bits per heavy atom. The molecule has 1 aromatic heterocycles. The fourth-order valence-electron chi connectivity index (χ4n) is 2.18. The van der Waals surface area contributed by atoms with Crippen molar-refractivity contribution < 1.29 is 9.59 Å². The molecule has 0 aromatic carbocycles. The standard InChI is InChI=1S/C13H20N4O2/c1-4-9(3)12-13(19)17(8-11(18)15-12)10-6-14-16(5-2)7-10/h6-7,9,12H,4-5,8H2,1-3H3,(H,15,18). The third kappa shape index (κ3) is 2.62. The number of nitrogens with zero attached hydrogens (tertiary/aromatic N) is 3. The molecule has 1 saturated heterocycles. The van der Waals surface area contributed by atoms with Crippen molar-refractivity contribution in [2.24, 2.45) is 5.92 Å². The third-order valence-corrected chi connectivity index (χ3v) is 3.62. The van der Waals surface area contributed by atoms with Gasteiger partial charge in [-0.25, -0.2) is 0 Å². The molecule has 2 amide bonds. The van der Waals surface area contributed by atoms with E-state index < -0.39 is 6.04 Å². The maximum Gasteiger partial charge on any atom is 0.250 e. The van der Waals surface area contributed by atoms with E-state index in [1.165, 1.54) is 4.90 Å². The van der Waals surface area contributed by atoms with Crippen LogP contribution in [0.4, 0.5) is 5.69 Å². The van der Waals surface area contributed by atoms with Gasteiger partial charge in [-0.05, 0) is 12.8 Å². The molecule has 2 heterocycles. The van der Waals surface area contributed by atoms with Crippen molar-refractivity contribution in [2.75, 3.05) is 11.4 Å². The Labute approximate surface area is 112 Å². The lowest BCUT2D eigenvalue weighted by molar-refractivity contribution is -0.132. The van der Waals surface area contributed by atoms with Gasteiger partial charge in [0.1, 0.15) is 12.6 Å². The molecule has 6 nitrogen and oxygen atoms in total. The van der Waals surface area contributed by atoms with Crippen LogP contribution in [0, 0.1) is 5.92 Å². The van der Waals surface area contributed by atoms with E-state index in [2.05, 4.69) is 10.4 Å². The Kier molecular flexibility index (Phi) is 3.87.